The molecule has 2 heterocycles. The van der Waals surface area contributed by atoms with Crippen molar-refractivity contribution in [1.29, 1.82) is 0 Å². The number of aromatic nitrogens is 3. The lowest BCUT2D eigenvalue weighted by Gasteiger charge is -2.11. The molecule has 0 bridgehead atoms. The van der Waals surface area contributed by atoms with E-state index in [4.69, 9.17) is 0 Å². The van der Waals surface area contributed by atoms with Gasteiger partial charge in [-0.3, -0.25) is 9.69 Å². The van der Waals surface area contributed by atoms with Crippen LogP contribution in [0, 0.1) is 5.92 Å². The van der Waals surface area contributed by atoms with Crippen LogP contribution in [0.5, 0.6) is 0 Å². The van der Waals surface area contributed by atoms with Gasteiger partial charge in [0.25, 0.3) is 0 Å². The topological polar surface area (TPSA) is 61.9 Å². The Morgan fingerprint density at radius 1 is 1.73 bits per heavy atom. The number of rotatable bonds is 3. The van der Waals surface area contributed by atoms with E-state index >= 15 is 0 Å². The van der Waals surface area contributed by atoms with Crippen molar-refractivity contribution in [3.8, 4) is 0 Å². The van der Waals surface area contributed by atoms with Crippen LogP contribution in [0.15, 0.2) is 5.16 Å². The van der Waals surface area contributed by atoms with E-state index in [0.717, 1.165) is 5.33 Å². The van der Waals surface area contributed by atoms with Crippen molar-refractivity contribution in [3.63, 3.8) is 0 Å². The van der Waals surface area contributed by atoms with E-state index in [1.54, 1.807) is 4.90 Å². The van der Waals surface area contributed by atoms with Crippen LogP contribution in [0.4, 0.5) is 5.95 Å². The number of H-pyrrole nitrogens is 1. The highest BCUT2D eigenvalue weighted by molar-refractivity contribution is 9.09. The molecule has 1 aliphatic heterocycles. The minimum absolute atomic E-state index is 0.114. The van der Waals surface area contributed by atoms with Crippen LogP contribution < -0.4 is 4.90 Å². The van der Waals surface area contributed by atoms with Gasteiger partial charge in [-0.05, 0) is 12.2 Å². The maximum Gasteiger partial charge on any atom is 0.229 e. The van der Waals surface area contributed by atoms with Gasteiger partial charge in [-0.25, -0.2) is 5.10 Å². The fourth-order valence-electron chi connectivity index (χ4n) is 1.54. The van der Waals surface area contributed by atoms with Crippen molar-refractivity contribution in [2.75, 3.05) is 23.0 Å². The number of thioether (sulfide) groups is 1. The van der Waals surface area contributed by atoms with Crippen LogP contribution in [-0.4, -0.2) is 39.2 Å². The van der Waals surface area contributed by atoms with Gasteiger partial charge in [0.1, 0.15) is 0 Å². The number of halogens is 1. The number of amides is 1. The summed E-state index contributed by atoms with van der Waals surface area (Å²) in [4.78, 5) is 17.5. The second-order valence-corrected chi connectivity index (χ2v) is 4.80. The van der Waals surface area contributed by atoms with E-state index < -0.39 is 0 Å². The second kappa shape index (κ2) is 4.52. The van der Waals surface area contributed by atoms with E-state index in [0.29, 0.717) is 30.0 Å². The molecule has 0 aromatic carbocycles. The zero-order valence-corrected chi connectivity index (χ0v) is 10.6. The molecule has 1 atom stereocenters. The van der Waals surface area contributed by atoms with E-state index in [-0.39, 0.29) is 5.91 Å². The number of nitrogens with zero attached hydrogens (tertiary/aromatic N) is 3. The molecule has 0 aliphatic carbocycles. The summed E-state index contributed by atoms with van der Waals surface area (Å²) in [6.45, 7) is 0.715. The van der Waals surface area contributed by atoms with Gasteiger partial charge in [0.05, 0.1) is 0 Å². The predicted octanol–water partition coefficient (Wildman–Crippen LogP) is 1.27. The van der Waals surface area contributed by atoms with Crippen molar-refractivity contribution in [3.05, 3.63) is 0 Å². The molecule has 1 aliphatic rings. The van der Waals surface area contributed by atoms with Crippen LogP contribution in [-0.2, 0) is 4.79 Å². The fourth-order valence-corrected chi connectivity index (χ4v) is 2.29. The quantitative estimate of drug-likeness (QED) is 0.673. The molecule has 0 spiro atoms. The standard InChI is InChI=1S/C8H11BrN4OS/c1-15-8-10-7(11-12-8)13-4-5(3-9)2-6(13)14/h5H,2-4H2,1H3,(H,10,11,12). The first-order valence-electron chi connectivity index (χ1n) is 4.57. The van der Waals surface area contributed by atoms with E-state index in [1.165, 1.54) is 11.8 Å². The highest BCUT2D eigenvalue weighted by atomic mass is 79.9. The molecule has 5 nitrogen and oxygen atoms in total. The number of alkyl halides is 1. The SMILES string of the molecule is CSc1n[nH]c(N2CC(CBr)CC2=O)n1. The number of nitrogens with one attached hydrogen (secondary N) is 1. The Kier molecular flexibility index (Phi) is 3.30. The Labute approximate surface area is 100 Å². The van der Waals surface area contributed by atoms with Crippen molar-refractivity contribution in [2.24, 2.45) is 5.92 Å². The summed E-state index contributed by atoms with van der Waals surface area (Å²) in [6, 6.07) is 0. The van der Waals surface area contributed by atoms with Gasteiger partial charge in [-0.1, -0.05) is 27.7 Å². The minimum Gasteiger partial charge on any atom is -0.281 e. The smallest absolute Gasteiger partial charge is 0.229 e. The Balaban J connectivity index is 2.14. The molecule has 82 valence electrons. The molecule has 7 heteroatoms. The Morgan fingerprint density at radius 2 is 2.53 bits per heavy atom. The van der Waals surface area contributed by atoms with Gasteiger partial charge in [0.15, 0.2) is 0 Å². The van der Waals surface area contributed by atoms with Gasteiger partial charge in [-0.2, -0.15) is 4.98 Å². The van der Waals surface area contributed by atoms with Gasteiger partial charge >= 0.3 is 0 Å². The Bertz CT molecular complexity index is 369. The molecule has 15 heavy (non-hydrogen) atoms. The molecule has 2 rings (SSSR count). The summed E-state index contributed by atoms with van der Waals surface area (Å²) >= 11 is 4.85. The third-order valence-corrected chi connectivity index (χ3v) is 3.78. The molecule has 1 saturated heterocycles. The first-order chi connectivity index (χ1) is 7.24. The number of anilines is 1. The van der Waals surface area contributed by atoms with E-state index in [1.807, 2.05) is 6.26 Å². The van der Waals surface area contributed by atoms with Crippen LogP contribution in [0.1, 0.15) is 6.42 Å². The van der Waals surface area contributed by atoms with E-state index in [9.17, 15) is 4.79 Å². The third kappa shape index (κ3) is 2.17. The molecular formula is C8H11BrN4OS. The third-order valence-electron chi connectivity index (χ3n) is 2.31. The zero-order valence-electron chi connectivity index (χ0n) is 8.23. The first-order valence-corrected chi connectivity index (χ1v) is 6.92. The molecule has 1 aromatic rings. The van der Waals surface area contributed by atoms with Gasteiger partial charge < -0.3 is 0 Å². The predicted molar refractivity (Wildman–Crippen MR) is 62.4 cm³/mol. The largest absolute Gasteiger partial charge is 0.281 e. The van der Waals surface area contributed by atoms with Crippen molar-refractivity contribution in [2.45, 2.75) is 11.6 Å². The molecule has 0 radical (unpaired) electrons. The van der Waals surface area contributed by atoms with Gasteiger partial charge in [0.2, 0.25) is 17.0 Å². The lowest BCUT2D eigenvalue weighted by atomic mass is 10.2. The maximum atomic E-state index is 11.7. The number of hydrogen-bond donors (Lipinski definition) is 1. The molecule has 1 amide bonds. The molecule has 1 fully saturated rings. The first kappa shape index (κ1) is 10.9. The molecule has 1 aromatic heterocycles. The maximum absolute atomic E-state index is 11.7. The summed E-state index contributed by atoms with van der Waals surface area (Å²) in [5.74, 6) is 1.05. The molecule has 1 N–H and O–H groups in total. The lowest BCUT2D eigenvalue weighted by Crippen LogP contribution is -2.25. The van der Waals surface area contributed by atoms with Crippen molar-refractivity contribution < 1.29 is 4.79 Å². The average molecular weight is 291 g/mol. The Hall–Kier alpha value is -0.560. The highest BCUT2D eigenvalue weighted by Gasteiger charge is 2.31. The van der Waals surface area contributed by atoms with Gasteiger partial charge in [0, 0.05) is 18.3 Å². The fraction of sp³-hybridized carbons (Fsp3) is 0.625. The summed E-state index contributed by atoms with van der Waals surface area (Å²) in [7, 11) is 0. The lowest BCUT2D eigenvalue weighted by molar-refractivity contribution is -0.117. The van der Waals surface area contributed by atoms with Crippen LogP contribution in [0.3, 0.4) is 0 Å². The van der Waals surface area contributed by atoms with E-state index in [2.05, 4.69) is 31.1 Å². The van der Waals surface area contributed by atoms with Crippen LogP contribution in [0.25, 0.3) is 0 Å². The monoisotopic (exact) mass is 290 g/mol. The summed E-state index contributed by atoms with van der Waals surface area (Å²) in [5.41, 5.74) is 0. The summed E-state index contributed by atoms with van der Waals surface area (Å²) in [6.07, 6.45) is 2.49. The molecule has 1 unspecified atom stereocenters. The average Bonchev–Trinajstić information content (AvgIpc) is 2.83. The van der Waals surface area contributed by atoms with Crippen molar-refractivity contribution >= 4 is 39.5 Å². The van der Waals surface area contributed by atoms with Crippen LogP contribution >= 0.6 is 27.7 Å². The highest BCUT2D eigenvalue weighted by Crippen LogP contribution is 2.24. The second-order valence-electron chi connectivity index (χ2n) is 3.37. The molecular weight excluding hydrogens is 280 g/mol. The summed E-state index contributed by atoms with van der Waals surface area (Å²) < 4.78 is 0. The van der Waals surface area contributed by atoms with Crippen LogP contribution in [0.2, 0.25) is 0 Å². The van der Waals surface area contributed by atoms with Crippen molar-refractivity contribution in [1.82, 2.24) is 15.2 Å². The normalized spacial score (nSPS) is 21.3. The zero-order chi connectivity index (χ0) is 10.8. The number of carbonyl (C=O) groups excluding carboxylic acids is 1. The summed E-state index contributed by atoms with van der Waals surface area (Å²) in [5, 5.41) is 8.28. The molecule has 0 saturated carbocycles. The minimum atomic E-state index is 0.114. The van der Waals surface area contributed by atoms with Gasteiger partial charge in [-0.15, -0.1) is 5.10 Å². The number of aromatic amines is 1. The number of hydrogen-bond acceptors (Lipinski definition) is 4. The Morgan fingerprint density at radius 3 is 3.07 bits per heavy atom. The number of carbonyl (C=O) groups is 1.